The van der Waals surface area contributed by atoms with Gasteiger partial charge in [0.1, 0.15) is 17.2 Å². The lowest BCUT2D eigenvalue weighted by molar-refractivity contribution is -2.00. The van der Waals surface area contributed by atoms with E-state index in [1.807, 2.05) is 72.8 Å². The molecule has 0 aliphatic rings. The number of methoxy groups -OCH3 is 3. The lowest BCUT2D eigenvalue weighted by Crippen LogP contribution is -2.68. The second kappa shape index (κ2) is 11.7. The van der Waals surface area contributed by atoms with Crippen LogP contribution in [-0.2, 0) is 0 Å². The number of hydrogen-bond donors (Lipinski definition) is 0. The zero-order valence-corrected chi connectivity index (χ0v) is 20.0. The molecule has 4 aromatic rings. The van der Waals surface area contributed by atoms with Crippen LogP contribution in [0.3, 0.4) is 0 Å². The zero-order valence-electron chi connectivity index (χ0n) is 19.2. The summed E-state index contributed by atoms with van der Waals surface area (Å²) in [7, 11) is 0.0386. The summed E-state index contributed by atoms with van der Waals surface area (Å²) >= 11 is 0. The highest BCUT2D eigenvalue weighted by molar-refractivity contribution is 5.75. The second-order valence-electron chi connectivity index (χ2n) is 7.14. The van der Waals surface area contributed by atoms with Crippen LogP contribution in [0.25, 0.3) is 33.8 Å². The van der Waals surface area contributed by atoms with E-state index in [2.05, 4.69) is 12.1 Å². The quantitative estimate of drug-likeness (QED) is 0.368. The van der Waals surface area contributed by atoms with Gasteiger partial charge in [-0.1, -0.05) is 12.1 Å². The number of halogens is 1. The van der Waals surface area contributed by atoms with E-state index in [0.29, 0.717) is 0 Å². The van der Waals surface area contributed by atoms with Gasteiger partial charge in [-0.25, -0.2) is 23.1 Å². The van der Waals surface area contributed by atoms with Crippen molar-refractivity contribution >= 4 is 0 Å². The van der Waals surface area contributed by atoms with E-state index in [0.717, 1.165) is 51.0 Å². The molecule has 1 heterocycles. The van der Waals surface area contributed by atoms with Gasteiger partial charge in [0.25, 0.3) is 0 Å². The first-order chi connectivity index (χ1) is 16.7. The van der Waals surface area contributed by atoms with Crippen molar-refractivity contribution in [2.75, 3.05) is 21.3 Å². The molecule has 0 aliphatic heterocycles. The maximum atomic E-state index is 8.49. The van der Waals surface area contributed by atoms with E-state index in [4.69, 9.17) is 37.3 Å². The molecule has 0 atom stereocenters. The molecule has 0 unspecified atom stereocenters. The van der Waals surface area contributed by atoms with Crippen molar-refractivity contribution in [3.8, 4) is 51.0 Å². The molecular formula is C26H23ClO8. The molecular weight excluding hydrogens is 476 g/mol. The average Bonchev–Trinajstić information content (AvgIpc) is 2.87. The first kappa shape index (κ1) is 26.0. The van der Waals surface area contributed by atoms with Gasteiger partial charge in [-0.2, -0.15) is 0 Å². The predicted octanol–water partition coefficient (Wildman–Crippen LogP) is 1.83. The summed E-state index contributed by atoms with van der Waals surface area (Å²) in [6, 6.07) is 27.8. The Hall–Kier alpha value is -3.66. The van der Waals surface area contributed by atoms with Crippen LogP contribution in [0, 0.1) is 10.2 Å². The fourth-order valence-corrected chi connectivity index (χ4v) is 3.25. The highest BCUT2D eigenvalue weighted by Gasteiger charge is 2.21. The summed E-state index contributed by atoms with van der Waals surface area (Å²) in [5.74, 6) is 3.99. The van der Waals surface area contributed by atoms with Crippen molar-refractivity contribution in [2.45, 2.75) is 0 Å². The topological polar surface area (TPSA) is 131 Å². The third-order valence-corrected chi connectivity index (χ3v) is 4.97. The van der Waals surface area contributed by atoms with Crippen LogP contribution in [0.4, 0.5) is 0 Å². The Morgan fingerprint density at radius 2 is 0.771 bits per heavy atom. The monoisotopic (exact) mass is 498 g/mol. The SMILES string of the molecule is COc1ccc(-c2cc(-c3ccc(OC)cc3)[o+]c(-c3ccc(OC)cc3)c2)cc1.[O-][Cl+3]([O-])([O-])[O-]. The summed E-state index contributed by atoms with van der Waals surface area (Å²) in [5.41, 5.74) is 4.08. The van der Waals surface area contributed by atoms with Gasteiger partial charge in [0, 0.05) is 5.56 Å². The van der Waals surface area contributed by atoms with Gasteiger partial charge in [0.15, 0.2) is 0 Å². The Kier molecular flexibility index (Phi) is 8.64. The Morgan fingerprint density at radius 1 is 0.486 bits per heavy atom. The predicted molar refractivity (Wildman–Crippen MR) is 119 cm³/mol. The van der Waals surface area contributed by atoms with Gasteiger partial charge in [0.2, 0.25) is 0 Å². The van der Waals surface area contributed by atoms with E-state index in [-0.39, 0.29) is 0 Å². The fourth-order valence-electron chi connectivity index (χ4n) is 3.25. The minimum atomic E-state index is -4.94. The number of ether oxygens (including phenoxy) is 3. The lowest BCUT2D eigenvalue weighted by Gasteiger charge is -2.17. The number of hydrogen-bond acceptors (Lipinski definition) is 7. The van der Waals surface area contributed by atoms with Crippen molar-refractivity contribution < 1.29 is 47.5 Å². The Bertz CT molecular complexity index is 1050. The van der Waals surface area contributed by atoms with E-state index in [1.54, 1.807) is 21.3 Å². The third kappa shape index (κ3) is 7.68. The van der Waals surface area contributed by atoms with E-state index < -0.39 is 10.2 Å². The highest BCUT2D eigenvalue weighted by atomic mass is 35.7. The Balaban J connectivity index is 0.000000623. The van der Waals surface area contributed by atoms with Crippen LogP contribution in [0.1, 0.15) is 0 Å². The standard InChI is InChI=1S/C26H23O4.ClHO4/c1-27-22-10-4-18(5-11-22)21-16-25(19-6-12-23(28-2)13-7-19)30-26(17-21)20-8-14-24(29-3)15-9-20;2-1(3,4)5/h4-17H,1-3H3;(H,2,3,4,5)/q+1;/p-1. The Morgan fingerprint density at radius 3 is 1.06 bits per heavy atom. The zero-order chi connectivity index (χ0) is 25.4. The molecule has 0 bridgehead atoms. The molecule has 1 aromatic heterocycles. The molecule has 35 heavy (non-hydrogen) atoms. The molecule has 0 N–H and O–H groups in total. The van der Waals surface area contributed by atoms with Crippen LogP contribution in [0.5, 0.6) is 17.2 Å². The largest absolute Gasteiger partial charge is 0.497 e. The van der Waals surface area contributed by atoms with E-state index in [9.17, 15) is 0 Å². The van der Waals surface area contributed by atoms with Gasteiger partial charge < -0.3 is 14.2 Å². The maximum Gasteiger partial charge on any atom is 0.361 e. The highest BCUT2D eigenvalue weighted by Crippen LogP contribution is 2.34. The second-order valence-corrected chi connectivity index (χ2v) is 7.89. The minimum absolute atomic E-state index is 0.775. The van der Waals surface area contributed by atoms with Crippen molar-refractivity contribution in [2.24, 2.45) is 0 Å². The molecule has 0 saturated carbocycles. The lowest BCUT2D eigenvalue weighted by atomic mass is 10.0. The smallest absolute Gasteiger partial charge is 0.361 e. The maximum absolute atomic E-state index is 8.49. The first-order valence-electron chi connectivity index (χ1n) is 10.2. The van der Waals surface area contributed by atoms with Gasteiger partial charge in [-0.3, -0.25) is 0 Å². The van der Waals surface area contributed by atoms with E-state index >= 15 is 0 Å². The van der Waals surface area contributed by atoms with Crippen LogP contribution in [-0.4, -0.2) is 21.3 Å². The molecule has 182 valence electrons. The molecule has 0 fully saturated rings. The van der Waals surface area contributed by atoms with Gasteiger partial charge in [-0.05, 0) is 66.2 Å². The van der Waals surface area contributed by atoms with Crippen molar-refractivity contribution in [3.05, 3.63) is 84.9 Å². The molecule has 0 spiro atoms. The van der Waals surface area contributed by atoms with Crippen molar-refractivity contribution in [1.82, 2.24) is 0 Å². The van der Waals surface area contributed by atoms with Crippen LogP contribution < -0.4 is 32.8 Å². The molecule has 0 saturated heterocycles. The molecule has 0 radical (unpaired) electrons. The molecule has 3 aromatic carbocycles. The van der Waals surface area contributed by atoms with Crippen molar-refractivity contribution in [3.63, 3.8) is 0 Å². The average molecular weight is 499 g/mol. The van der Waals surface area contributed by atoms with Crippen molar-refractivity contribution in [1.29, 1.82) is 0 Å². The molecule has 9 heteroatoms. The third-order valence-electron chi connectivity index (χ3n) is 4.97. The molecule has 8 nitrogen and oxygen atoms in total. The minimum Gasteiger partial charge on any atom is -0.497 e. The number of rotatable bonds is 6. The van der Waals surface area contributed by atoms with Gasteiger partial charge in [-0.15, -0.1) is 10.2 Å². The van der Waals surface area contributed by atoms with Crippen LogP contribution in [0.15, 0.2) is 89.3 Å². The fraction of sp³-hybridized carbons (Fsp3) is 0.115. The summed E-state index contributed by atoms with van der Waals surface area (Å²) in [5, 5.41) is 0. The van der Waals surface area contributed by atoms with Crippen LogP contribution >= 0.6 is 0 Å². The summed E-state index contributed by atoms with van der Waals surface area (Å²) in [4.78, 5) is 0. The number of benzene rings is 3. The summed E-state index contributed by atoms with van der Waals surface area (Å²) in [6.07, 6.45) is 0. The van der Waals surface area contributed by atoms with Gasteiger partial charge in [0.05, 0.1) is 44.6 Å². The molecule has 0 amide bonds. The normalized spacial score (nSPS) is 10.7. The first-order valence-corrected chi connectivity index (χ1v) is 11.5. The van der Waals surface area contributed by atoms with E-state index in [1.165, 1.54) is 0 Å². The van der Waals surface area contributed by atoms with Gasteiger partial charge >= 0.3 is 11.5 Å². The molecule has 4 rings (SSSR count). The summed E-state index contributed by atoms with van der Waals surface area (Å²) < 4.78 is 56.1. The summed E-state index contributed by atoms with van der Waals surface area (Å²) in [6.45, 7) is 0. The van der Waals surface area contributed by atoms with Crippen LogP contribution in [0.2, 0.25) is 0 Å². The Labute approximate surface area is 204 Å². The molecule has 0 aliphatic carbocycles.